The van der Waals surface area contributed by atoms with Gasteiger partial charge in [0.15, 0.2) is 0 Å². The van der Waals surface area contributed by atoms with Crippen molar-refractivity contribution in [1.29, 1.82) is 0 Å². The van der Waals surface area contributed by atoms with Crippen molar-refractivity contribution < 1.29 is 9.13 Å². The van der Waals surface area contributed by atoms with Crippen molar-refractivity contribution in [3.63, 3.8) is 0 Å². The molecule has 2 N–H and O–H groups in total. The van der Waals surface area contributed by atoms with Crippen LogP contribution in [0.15, 0.2) is 18.2 Å². The SMILES string of the molecule is Nc1cc(F)ccc1OCCN1CCCC1. The van der Waals surface area contributed by atoms with E-state index in [0.717, 1.165) is 19.6 Å². The molecule has 0 bridgehead atoms. The molecule has 16 heavy (non-hydrogen) atoms. The smallest absolute Gasteiger partial charge is 0.142 e. The molecule has 0 radical (unpaired) electrons. The van der Waals surface area contributed by atoms with Crippen molar-refractivity contribution in [2.75, 3.05) is 32.0 Å². The van der Waals surface area contributed by atoms with E-state index in [1.165, 1.54) is 25.0 Å². The van der Waals surface area contributed by atoms with Gasteiger partial charge in [-0.2, -0.15) is 0 Å². The molecular formula is C12H17FN2O. The quantitative estimate of drug-likeness (QED) is 0.794. The van der Waals surface area contributed by atoms with E-state index >= 15 is 0 Å². The van der Waals surface area contributed by atoms with Gasteiger partial charge in [0.1, 0.15) is 18.2 Å². The van der Waals surface area contributed by atoms with Gasteiger partial charge in [-0.3, -0.25) is 4.90 Å². The van der Waals surface area contributed by atoms with Crippen LogP contribution in [0.1, 0.15) is 12.8 Å². The Kier molecular flexibility index (Phi) is 3.62. The summed E-state index contributed by atoms with van der Waals surface area (Å²) in [6.07, 6.45) is 2.55. The number of nitrogens with zero attached hydrogens (tertiary/aromatic N) is 1. The third-order valence-corrected chi connectivity index (χ3v) is 2.84. The normalized spacial score (nSPS) is 16.6. The molecular weight excluding hydrogens is 207 g/mol. The summed E-state index contributed by atoms with van der Waals surface area (Å²) in [6, 6.07) is 4.22. The Morgan fingerprint density at radius 2 is 2.06 bits per heavy atom. The second-order valence-corrected chi connectivity index (χ2v) is 4.08. The summed E-state index contributed by atoms with van der Waals surface area (Å²) in [6.45, 7) is 3.83. The lowest BCUT2D eigenvalue weighted by atomic mass is 10.3. The topological polar surface area (TPSA) is 38.5 Å². The molecule has 0 unspecified atom stereocenters. The first-order chi connectivity index (χ1) is 7.75. The number of hydrogen-bond acceptors (Lipinski definition) is 3. The van der Waals surface area contributed by atoms with Crippen molar-refractivity contribution in [3.8, 4) is 5.75 Å². The molecule has 4 heteroatoms. The Morgan fingerprint density at radius 3 is 2.75 bits per heavy atom. The molecule has 0 aliphatic carbocycles. The Hall–Kier alpha value is -1.29. The third-order valence-electron chi connectivity index (χ3n) is 2.84. The van der Waals surface area contributed by atoms with Gasteiger partial charge in [-0.15, -0.1) is 0 Å². The Balaban J connectivity index is 1.80. The summed E-state index contributed by atoms with van der Waals surface area (Å²) in [7, 11) is 0. The Bertz CT molecular complexity index is 351. The van der Waals surface area contributed by atoms with Crippen molar-refractivity contribution >= 4 is 5.69 Å². The highest BCUT2D eigenvalue weighted by molar-refractivity contribution is 5.52. The zero-order valence-electron chi connectivity index (χ0n) is 9.29. The molecule has 0 saturated carbocycles. The van der Waals surface area contributed by atoms with Crippen LogP contribution in [0.25, 0.3) is 0 Å². The molecule has 88 valence electrons. The average Bonchev–Trinajstić information content (AvgIpc) is 2.74. The number of halogens is 1. The minimum absolute atomic E-state index is 0.329. The van der Waals surface area contributed by atoms with Crippen LogP contribution in [0.2, 0.25) is 0 Å². The van der Waals surface area contributed by atoms with E-state index in [4.69, 9.17) is 10.5 Å². The minimum atomic E-state index is -0.329. The predicted octanol–water partition coefficient (Wildman–Crippen LogP) is 1.88. The molecule has 0 spiro atoms. The maximum absolute atomic E-state index is 12.8. The maximum Gasteiger partial charge on any atom is 0.142 e. The van der Waals surface area contributed by atoms with Crippen molar-refractivity contribution in [2.24, 2.45) is 0 Å². The van der Waals surface area contributed by atoms with Crippen molar-refractivity contribution in [2.45, 2.75) is 12.8 Å². The van der Waals surface area contributed by atoms with Crippen LogP contribution < -0.4 is 10.5 Å². The second kappa shape index (κ2) is 5.16. The zero-order valence-corrected chi connectivity index (χ0v) is 9.29. The molecule has 1 aliphatic rings. The fourth-order valence-corrected chi connectivity index (χ4v) is 1.94. The van der Waals surface area contributed by atoms with Gasteiger partial charge in [0.2, 0.25) is 0 Å². The van der Waals surface area contributed by atoms with Gasteiger partial charge in [-0.25, -0.2) is 4.39 Å². The van der Waals surface area contributed by atoms with Crippen LogP contribution in [-0.2, 0) is 0 Å². The van der Waals surface area contributed by atoms with Gasteiger partial charge >= 0.3 is 0 Å². The molecule has 1 aliphatic heterocycles. The molecule has 2 rings (SSSR count). The monoisotopic (exact) mass is 224 g/mol. The van der Waals surface area contributed by atoms with Crippen LogP contribution in [0, 0.1) is 5.82 Å². The molecule has 0 amide bonds. The number of hydrogen-bond donors (Lipinski definition) is 1. The molecule has 3 nitrogen and oxygen atoms in total. The van der Waals surface area contributed by atoms with E-state index in [0.29, 0.717) is 18.0 Å². The molecule has 0 atom stereocenters. The largest absolute Gasteiger partial charge is 0.490 e. The van der Waals surface area contributed by atoms with Crippen molar-refractivity contribution in [1.82, 2.24) is 4.90 Å². The van der Waals surface area contributed by atoms with Gasteiger partial charge in [0, 0.05) is 12.6 Å². The zero-order chi connectivity index (χ0) is 11.4. The van der Waals surface area contributed by atoms with E-state index in [1.807, 2.05) is 0 Å². The molecule has 1 aromatic carbocycles. The van der Waals surface area contributed by atoms with E-state index < -0.39 is 0 Å². The summed E-state index contributed by atoms with van der Waals surface area (Å²) in [5.74, 6) is 0.241. The van der Waals surface area contributed by atoms with Gasteiger partial charge in [0.25, 0.3) is 0 Å². The number of rotatable bonds is 4. The summed E-state index contributed by atoms with van der Waals surface area (Å²) >= 11 is 0. The number of ether oxygens (including phenoxy) is 1. The number of benzene rings is 1. The fourth-order valence-electron chi connectivity index (χ4n) is 1.94. The maximum atomic E-state index is 12.8. The first-order valence-corrected chi connectivity index (χ1v) is 5.66. The lowest BCUT2D eigenvalue weighted by Crippen LogP contribution is -2.25. The minimum Gasteiger partial charge on any atom is -0.490 e. The Labute approximate surface area is 95.0 Å². The summed E-state index contributed by atoms with van der Waals surface area (Å²) in [4.78, 5) is 2.36. The molecule has 1 heterocycles. The van der Waals surface area contributed by atoms with Crippen molar-refractivity contribution in [3.05, 3.63) is 24.0 Å². The molecule has 1 aromatic rings. The van der Waals surface area contributed by atoms with Crippen LogP contribution in [-0.4, -0.2) is 31.1 Å². The molecule has 1 fully saturated rings. The van der Waals surface area contributed by atoms with Crippen LogP contribution in [0.4, 0.5) is 10.1 Å². The summed E-state index contributed by atoms with van der Waals surface area (Å²) < 4.78 is 18.3. The first kappa shape index (κ1) is 11.2. The highest BCUT2D eigenvalue weighted by Crippen LogP contribution is 2.21. The summed E-state index contributed by atoms with van der Waals surface area (Å²) in [5.41, 5.74) is 6.00. The number of anilines is 1. The predicted molar refractivity (Wildman–Crippen MR) is 62.0 cm³/mol. The molecule has 1 saturated heterocycles. The van der Waals surface area contributed by atoms with Gasteiger partial charge in [-0.1, -0.05) is 0 Å². The number of nitrogens with two attached hydrogens (primary N) is 1. The van der Waals surface area contributed by atoms with Gasteiger partial charge in [0.05, 0.1) is 5.69 Å². The first-order valence-electron chi connectivity index (χ1n) is 5.66. The van der Waals surface area contributed by atoms with E-state index in [1.54, 1.807) is 6.07 Å². The van der Waals surface area contributed by atoms with E-state index in [-0.39, 0.29) is 5.82 Å². The Morgan fingerprint density at radius 1 is 1.31 bits per heavy atom. The lowest BCUT2D eigenvalue weighted by molar-refractivity contribution is 0.238. The van der Waals surface area contributed by atoms with Gasteiger partial charge in [-0.05, 0) is 38.1 Å². The average molecular weight is 224 g/mol. The molecule has 0 aromatic heterocycles. The fraction of sp³-hybridized carbons (Fsp3) is 0.500. The third kappa shape index (κ3) is 2.85. The summed E-state index contributed by atoms with van der Waals surface area (Å²) in [5, 5.41) is 0. The van der Waals surface area contributed by atoms with Gasteiger partial charge < -0.3 is 10.5 Å². The van der Waals surface area contributed by atoms with Crippen LogP contribution in [0.3, 0.4) is 0 Å². The van der Waals surface area contributed by atoms with Crippen LogP contribution >= 0.6 is 0 Å². The standard InChI is InChI=1S/C12H17FN2O/c13-10-3-4-12(11(14)9-10)16-8-7-15-5-1-2-6-15/h3-4,9H,1-2,5-8,14H2. The van der Waals surface area contributed by atoms with Crippen LogP contribution in [0.5, 0.6) is 5.75 Å². The van der Waals surface area contributed by atoms with E-state index in [9.17, 15) is 4.39 Å². The highest BCUT2D eigenvalue weighted by Gasteiger charge is 2.11. The number of likely N-dealkylation sites (tertiary alicyclic amines) is 1. The highest BCUT2D eigenvalue weighted by atomic mass is 19.1. The second-order valence-electron chi connectivity index (χ2n) is 4.08. The lowest BCUT2D eigenvalue weighted by Gasteiger charge is -2.15. The van der Waals surface area contributed by atoms with E-state index in [2.05, 4.69) is 4.90 Å². The number of nitrogen functional groups attached to an aromatic ring is 1.